The number of amides is 4. The molecule has 2 aromatic carbocycles. The maximum atomic E-state index is 12.9. The van der Waals surface area contributed by atoms with E-state index in [9.17, 15) is 14.4 Å². The molecule has 162 valence electrons. The van der Waals surface area contributed by atoms with Crippen LogP contribution in [0.4, 0.5) is 4.79 Å². The fraction of sp³-hybridized carbons (Fsp3) is 0.318. The first kappa shape index (κ1) is 21.0. The van der Waals surface area contributed by atoms with Gasteiger partial charge in [-0.2, -0.15) is 5.01 Å². The number of rotatable bonds is 5. The van der Waals surface area contributed by atoms with E-state index >= 15 is 0 Å². The fourth-order valence-electron chi connectivity index (χ4n) is 3.52. The quantitative estimate of drug-likeness (QED) is 0.692. The Bertz CT molecular complexity index is 1030. The van der Waals surface area contributed by atoms with Crippen molar-refractivity contribution in [3.8, 4) is 11.5 Å². The number of urea groups is 1. The van der Waals surface area contributed by atoms with Crippen LogP contribution in [0.5, 0.6) is 11.5 Å². The van der Waals surface area contributed by atoms with Crippen molar-refractivity contribution in [2.45, 2.75) is 31.7 Å². The number of hydrazine groups is 1. The molecule has 9 heteroatoms. The predicted molar refractivity (Wildman–Crippen MR) is 113 cm³/mol. The van der Waals surface area contributed by atoms with Crippen molar-refractivity contribution < 1.29 is 23.9 Å². The van der Waals surface area contributed by atoms with Crippen molar-refractivity contribution in [1.29, 1.82) is 0 Å². The lowest BCUT2D eigenvalue weighted by Crippen LogP contribution is -2.49. The van der Waals surface area contributed by atoms with Crippen LogP contribution in [0.3, 0.4) is 0 Å². The number of aryl methyl sites for hydroxylation is 1. The van der Waals surface area contributed by atoms with Crippen LogP contribution in [-0.2, 0) is 11.2 Å². The van der Waals surface area contributed by atoms with Gasteiger partial charge in [0.15, 0.2) is 11.5 Å². The molecule has 2 aliphatic rings. The van der Waals surface area contributed by atoms with E-state index in [0.29, 0.717) is 49.0 Å². The number of hydrogen-bond acceptors (Lipinski definition) is 5. The zero-order valence-electron chi connectivity index (χ0n) is 16.9. The molecule has 0 bridgehead atoms. The monoisotopic (exact) mass is 443 g/mol. The van der Waals surface area contributed by atoms with Gasteiger partial charge in [-0.15, -0.1) is 0 Å². The Balaban J connectivity index is 1.47. The minimum atomic E-state index is -1.12. The lowest BCUT2D eigenvalue weighted by atomic mass is 9.93. The van der Waals surface area contributed by atoms with Crippen molar-refractivity contribution >= 4 is 29.4 Å². The molecule has 0 saturated carbocycles. The second-order valence-electron chi connectivity index (χ2n) is 7.67. The molecule has 2 heterocycles. The summed E-state index contributed by atoms with van der Waals surface area (Å²) in [5, 5.41) is 3.61. The molecule has 0 spiro atoms. The minimum absolute atomic E-state index is 0.146. The second-order valence-corrected chi connectivity index (χ2v) is 8.07. The van der Waals surface area contributed by atoms with Gasteiger partial charge in [0, 0.05) is 12.0 Å². The Hall–Kier alpha value is -3.26. The second kappa shape index (κ2) is 8.47. The number of fused-ring (bicyclic) bond motifs is 1. The summed E-state index contributed by atoms with van der Waals surface area (Å²) < 4.78 is 11.1. The number of carbonyl (C=O) groups is 3. The standard InChI is InChI=1S/C22H22ClN3O5/c1-22(9-8-14-6-3-2-4-7-14)20(28)26(21(29)24-22)25-19(27)15-12-16(23)18-17(13-15)30-10-5-11-31-18/h2-4,6-7,12-13H,5,8-11H2,1H3,(H,24,29)(H,25,27)/t22-/m0/s1. The van der Waals surface area contributed by atoms with E-state index in [0.717, 1.165) is 5.56 Å². The molecule has 1 atom stereocenters. The van der Waals surface area contributed by atoms with Crippen molar-refractivity contribution in [3.05, 3.63) is 58.6 Å². The van der Waals surface area contributed by atoms with Crippen LogP contribution >= 0.6 is 11.6 Å². The molecule has 1 saturated heterocycles. The molecule has 0 unspecified atom stereocenters. The van der Waals surface area contributed by atoms with Crippen molar-refractivity contribution in [2.24, 2.45) is 0 Å². The lowest BCUT2D eigenvalue weighted by molar-refractivity contribution is -0.132. The molecule has 2 N–H and O–H groups in total. The summed E-state index contributed by atoms with van der Waals surface area (Å²) >= 11 is 6.24. The first-order valence-electron chi connectivity index (χ1n) is 9.98. The minimum Gasteiger partial charge on any atom is -0.489 e. The third-order valence-electron chi connectivity index (χ3n) is 5.30. The Morgan fingerprint density at radius 3 is 2.71 bits per heavy atom. The largest absolute Gasteiger partial charge is 0.489 e. The summed E-state index contributed by atoms with van der Waals surface area (Å²) in [5.74, 6) is -0.463. The van der Waals surface area contributed by atoms with Gasteiger partial charge < -0.3 is 14.8 Å². The fourth-order valence-corrected chi connectivity index (χ4v) is 3.79. The molecule has 1 fully saturated rings. The van der Waals surface area contributed by atoms with Gasteiger partial charge in [0.25, 0.3) is 11.8 Å². The van der Waals surface area contributed by atoms with E-state index < -0.39 is 23.4 Å². The zero-order valence-corrected chi connectivity index (χ0v) is 17.7. The van der Waals surface area contributed by atoms with E-state index in [2.05, 4.69) is 10.7 Å². The summed E-state index contributed by atoms with van der Waals surface area (Å²) in [5.41, 5.74) is 2.45. The molecule has 4 amide bonds. The molecule has 0 aromatic heterocycles. The smallest absolute Gasteiger partial charge is 0.344 e. The van der Waals surface area contributed by atoms with Gasteiger partial charge in [-0.3, -0.25) is 15.0 Å². The molecular weight excluding hydrogens is 422 g/mol. The van der Waals surface area contributed by atoms with Crippen LogP contribution in [-0.4, -0.2) is 41.6 Å². The highest BCUT2D eigenvalue weighted by atomic mass is 35.5. The van der Waals surface area contributed by atoms with Gasteiger partial charge in [0.05, 0.1) is 18.2 Å². The number of nitrogens with one attached hydrogen (secondary N) is 2. The van der Waals surface area contributed by atoms with Crippen LogP contribution in [0.2, 0.25) is 5.02 Å². The molecule has 0 aliphatic carbocycles. The van der Waals surface area contributed by atoms with E-state index in [1.807, 2.05) is 30.3 Å². The van der Waals surface area contributed by atoms with E-state index in [1.54, 1.807) is 6.92 Å². The number of halogens is 1. The van der Waals surface area contributed by atoms with Crippen molar-refractivity contribution in [3.63, 3.8) is 0 Å². The Morgan fingerprint density at radius 2 is 1.94 bits per heavy atom. The Labute approximate surface area is 184 Å². The van der Waals surface area contributed by atoms with Gasteiger partial charge in [-0.05, 0) is 37.5 Å². The van der Waals surface area contributed by atoms with Crippen LogP contribution < -0.4 is 20.2 Å². The van der Waals surface area contributed by atoms with Crippen molar-refractivity contribution in [2.75, 3.05) is 13.2 Å². The molecule has 2 aromatic rings. The molecule has 0 radical (unpaired) electrons. The highest BCUT2D eigenvalue weighted by molar-refractivity contribution is 6.32. The van der Waals surface area contributed by atoms with E-state index in [-0.39, 0.29) is 10.6 Å². The summed E-state index contributed by atoms with van der Waals surface area (Å²) in [4.78, 5) is 38.1. The maximum Gasteiger partial charge on any atom is 0.344 e. The van der Waals surface area contributed by atoms with Gasteiger partial charge in [-0.25, -0.2) is 4.79 Å². The van der Waals surface area contributed by atoms with Gasteiger partial charge in [0.2, 0.25) is 0 Å². The van der Waals surface area contributed by atoms with Crippen molar-refractivity contribution in [1.82, 2.24) is 15.8 Å². The SMILES string of the molecule is C[C@@]1(CCc2ccccc2)NC(=O)N(NC(=O)c2cc(Cl)c3c(c2)OCCCO3)C1=O. The van der Waals surface area contributed by atoms with E-state index in [1.165, 1.54) is 12.1 Å². The summed E-state index contributed by atoms with van der Waals surface area (Å²) in [6, 6.07) is 11.9. The van der Waals surface area contributed by atoms with Crippen LogP contribution in [0.25, 0.3) is 0 Å². The first-order chi connectivity index (χ1) is 14.9. The molecule has 8 nitrogen and oxygen atoms in total. The van der Waals surface area contributed by atoms with Crippen LogP contribution in [0.1, 0.15) is 35.7 Å². The van der Waals surface area contributed by atoms with Crippen LogP contribution in [0, 0.1) is 0 Å². The van der Waals surface area contributed by atoms with Gasteiger partial charge >= 0.3 is 6.03 Å². The van der Waals surface area contributed by atoms with Gasteiger partial charge in [-0.1, -0.05) is 41.9 Å². The molecule has 31 heavy (non-hydrogen) atoms. The summed E-state index contributed by atoms with van der Waals surface area (Å²) in [6.07, 6.45) is 1.68. The number of imide groups is 1. The average molecular weight is 444 g/mol. The Kier molecular flexibility index (Phi) is 5.73. The Morgan fingerprint density at radius 1 is 1.19 bits per heavy atom. The average Bonchev–Trinajstić information content (AvgIpc) is 2.93. The highest BCUT2D eigenvalue weighted by Gasteiger charge is 2.48. The summed E-state index contributed by atoms with van der Waals surface area (Å²) in [7, 11) is 0. The number of ether oxygens (including phenoxy) is 2. The molecule has 4 rings (SSSR count). The molecule has 2 aliphatic heterocycles. The van der Waals surface area contributed by atoms with E-state index in [4.69, 9.17) is 21.1 Å². The maximum absolute atomic E-state index is 12.9. The lowest BCUT2D eigenvalue weighted by Gasteiger charge is -2.21. The number of carbonyl (C=O) groups excluding carboxylic acids is 3. The highest BCUT2D eigenvalue weighted by Crippen LogP contribution is 2.38. The normalized spacial score (nSPS) is 20.3. The number of hydrogen-bond donors (Lipinski definition) is 2. The predicted octanol–water partition coefficient (Wildman–Crippen LogP) is 3.09. The topological polar surface area (TPSA) is 97.0 Å². The first-order valence-corrected chi connectivity index (χ1v) is 10.4. The van der Waals surface area contributed by atoms with Crippen LogP contribution in [0.15, 0.2) is 42.5 Å². The summed E-state index contributed by atoms with van der Waals surface area (Å²) in [6.45, 7) is 2.54. The third-order valence-corrected chi connectivity index (χ3v) is 5.58. The number of nitrogens with zero attached hydrogens (tertiary/aromatic N) is 1. The zero-order chi connectivity index (χ0) is 22.0. The number of benzene rings is 2. The third kappa shape index (κ3) is 4.29. The molecular formula is C22H22ClN3O5. The van der Waals surface area contributed by atoms with Gasteiger partial charge in [0.1, 0.15) is 5.54 Å².